The summed E-state index contributed by atoms with van der Waals surface area (Å²) >= 11 is 0. The maximum Gasteiger partial charge on any atom is 0.255 e. The monoisotopic (exact) mass is 286 g/mol. The van der Waals surface area contributed by atoms with E-state index in [2.05, 4.69) is 5.32 Å². The van der Waals surface area contributed by atoms with Crippen LogP contribution in [-0.4, -0.2) is 24.2 Å². The van der Waals surface area contributed by atoms with Gasteiger partial charge in [-0.05, 0) is 55.0 Å². The van der Waals surface area contributed by atoms with Crippen molar-refractivity contribution in [2.24, 2.45) is 5.73 Å². The second kappa shape index (κ2) is 6.76. The molecule has 0 saturated carbocycles. The zero-order chi connectivity index (χ0) is 15.2. The molecule has 0 atom stereocenters. The van der Waals surface area contributed by atoms with Gasteiger partial charge in [-0.3, -0.25) is 4.79 Å². The number of carbonyl (C=O) groups excluding carboxylic acids is 1. The van der Waals surface area contributed by atoms with Crippen molar-refractivity contribution in [3.63, 3.8) is 0 Å². The predicted molar refractivity (Wildman–Crippen MR) is 81.8 cm³/mol. The van der Waals surface area contributed by atoms with E-state index in [1.165, 1.54) is 6.07 Å². The number of phenols is 1. The molecule has 21 heavy (non-hydrogen) atoms. The minimum Gasteiger partial charge on any atom is -0.508 e. The lowest BCUT2D eigenvalue weighted by Crippen LogP contribution is -2.13. The van der Waals surface area contributed by atoms with Crippen molar-refractivity contribution in [3.8, 4) is 11.5 Å². The number of carbonyl (C=O) groups is 1. The molecule has 0 heterocycles. The lowest BCUT2D eigenvalue weighted by Gasteiger charge is -2.09. The number of nitrogens with two attached hydrogens (primary N) is 1. The fraction of sp³-hybridized carbons (Fsp3) is 0.188. The Morgan fingerprint density at radius 3 is 2.57 bits per heavy atom. The van der Waals surface area contributed by atoms with Crippen LogP contribution in [0.5, 0.6) is 11.5 Å². The summed E-state index contributed by atoms with van der Waals surface area (Å²) in [5.41, 5.74) is 7.28. The lowest BCUT2D eigenvalue weighted by molar-refractivity contribution is 0.102. The minimum atomic E-state index is -0.219. The van der Waals surface area contributed by atoms with Crippen LogP contribution in [0, 0.1) is 6.92 Å². The first-order valence-corrected chi connectivity index (χ1v) is 6.64. The zero-order valence-electron chi connectivity index (χ0n) is 11.8. The highest BCUT2D eigenvalue weighted by molar-refractivity contribution is 6.05. The summed E-state index contributed by atoms with van der Waals surface area (Å²) in [6.45, 7) is 2.69. The number of aryl methyl sites for hydroxylation is 1. The maximum absolute atomic E-state index is 12.2. The zero-order valence-corrected chi connectivity index (χ0v) is 11.8. The molecule has 5 heteroatoms. The van der Waals surface area contributed by atoms with Crippen LogP contribution in [0.2, 0.25) is 0 Å². The molecule has 1 amide bonds. The van der Waals surface area contributed by atoms with E-state index in [1.807, 2.05) is 0 Å². The average Bonchev–Trinajstić information content (AvgIpc) is 2.46. The number of hydrogen-bond donors (Lipinski definition) is 3. The number of phenolic OH excluding ortho intramolecular Hbond substituents is 1. The molecule has 0 radical (unpaired) electrons. The van der Waals surface area contributed by atoms with Gasteiger partial charge < -0.3 is 20.9 Å². The third kappa shape index (κ3) is 3.97. The Morgan fingerprint density at radius 1 is 1.24 bits per heavy atom. The van der Waals surface area contributed by atoms with Gasteiger partial charge in [0.25, 0.3) is 5.91 Å². The van der Waals surface area contributed by atoms with E-state index < -0.39 is 0 Å². The van der Waals surface area contributed by atoms with Crippen molar-refractivity contribution in [2.75, 3.05) is 18.5 Å². The second-order valence-corrected chi connectivity index (χ2v) is 4.61. The van der Waals surface area contributed by atoms with Crippen LogP contribution in [0.25, 0.3) is 0 Å². The Hall–Kier alpha value is -2.53. The highest BCUT2D eigenvalue weighted by Gasteiger charge is 2.09. The standard InChI is InChI=1S/C16H18N2O3/c1-11-10-13(19)4-7-15(11)16(20)18-12-2-5-14(6-3-12)21-9-8-17/h2-7,10,19H,8-9,17H2,1H3,(H,18,20). The van der Waals surface area contributed by atoms with Gasteiger partial charge in [-0.1, -0.05) is 0 Å². The molecule has 0 bridgehead atoms. The Kier molecular flexibility index (Phi) is 4.79. The van der Waals surface area contributed by atoms with E-state index in [0.717, 1.165) is 5.56 Å². The number of nitrogens with one attached hydrogen (secondary N) is 1. The first-order valence-electron chi connectivity index (χ1n) is 6.64. The third-order valence-electron chi connectivity index (χ3n) is 2.95. The van der Waals surface area contributed by atoms with Crippen LogP contribution in [0.15, 0.2) is 42.5 Å². The first kappa shape index (κ1) is 14.9. The van der Waals surface area contributed by atoms with Crippen molar-refractivity contribution in [1.29, 1.82) is 0 Å². The van der Waals surface area contributed by atoms with Crippen LogP contribution >= 0.6 is 0 Å². The van der Waals surface area contributed by atoms with Crippen molar-refractivity contribution < 1.29 is 14.6 Å². The normalized spacial score (nSPS) is 10.2. The fourth-order valence-electron chi connectivity index (χ4n) is 1.91. The topological polar surface area (TPSA) is 84.6 Å². The molecule has 4 N–H and O–H groups in total. The smallest absolute Gasteiger partial charge is 0.255 e. The number of benzene rings is 2. The maximum atomic E-state index is 12.2. The molecule has 110 valence electrons. The van der Waals surface area contributed by atoms with Gasteiger partial charge in [0.1, 0.15) is 18.1 Å². The van der Waals surface area contributed by atoms with E-state index >= 15 is 0 Å². The summed E-state index contributed by atoms with van der Waals surface area (Å²) < 4.78 is 5.37. The Morgan fingerprint density at radius 2 is 1.95 bits per heavy atom. The number of amides is 1. The van der Waals surface area contributed by atoms with E-state index in [-0.39, 0.29) is 11.7 Å². The van der Waals surface area contributed by atoms with Crippen molar-refractivity contribution in [3.05, 3.63) is 53.6 Å². The number of ether oxygens (including phenoxy) is 1. The summed E-state index contributed by atoms with van der Waals surface area (Å²) in [7, 11) is 0. The molecule has 0 spiro atoms. The second-order valence-electron chi connectivity index (χ2n) is 4.61. The summed E-state index contributed by atoms with van der Waals surface area (Å²) in [5, 5.41) is 12.2. The summed E-state index contributed by atoms with van der Waals surface area (Å²) in [6.07, 6.45) is 0. The molecular weight excluding hydrogens is 268 g/mol. The lowest BCUT2D eigenvalue weighted by atomic mass is 10.1. The number of hydrogen-bond acceptors (Lipinski definition) is 4. The van der Waals surface area contributed by atoms with E-state index in [0.29, 0.717) is 30.2 Å². The molecule has 2 aromatic rings. The fourth-order valence-corrected chi connectivity index (χ4v) is 1.91. The molecular formula is C16H18N2O3. The number of anilines is 1. The van der Waals surface area contributed by atoms with Gasteiger partial charge in [-0.25, -0.2) is 0 Å². The number of aromatic hydroxyl groups is 1. The van der Waals surface area contributed by atoms with Gasteiger partial charge in [0.05, 0.1) is 0 Å². The summed E-state index contributed by atoms with van der Waals surface area (Å²) in [4.78, 5) is 12.2. The molecule has 2 rings (SSSR count). The molecule has 0 saturated heterocycles. The van der Waals surface area contributed by atoms with Gasteiger partial charge >= 0.3 is 0 Å². The summed E-state index contributed by atoms with van der Waals surface area (Å²) in [6, 6.07) is 11.7. The van der Waals surface area contributed by atoms with Crippen LogP contribution < -0.4 is 15.8 Å². The SMILES string of the molecule is Cc1cc(O)ccc1C(=O)Nc1ccc(OCCN)cc1. The molecule has 5 nitrogen and oxygen atoms in total. The van der Waals surface area contributed by atoms with Crippen molar-refractivity contribution in [2.45, 2.75) is 6.92 Å². The van der Waals surface area contributed by atoms with E-state index in [4.69, 9.17) is 10.5 Å². The van der Waals surface area contributed by atoms with Gasteiger partial charge in [0, 0.05) is 17.8 Å². The van der Waals surface area contributed by atoms with Crippen LogP contribution in [0.1, 0.15) is 15.9 Å². The molecule has 0 aliphatic carbocycles. The highest BCUT2D eigenvalue weighted by atomic mass is 16.5. The number of rotatable bonds is 5. The molecule has 0 aliphatic rings. The predicted octanol–water partition coefficient (Wildman–Crippen LogP) is 2.29. The molecule has 0 unspecified atom stereocenters. The minimum absolute atomic E-state index is 0.144. The third-order valence-corrected chi connectivity index (χ3v) is 2.95. The Bertz CT molecular complexity index is 624. The average molecular weight is 286 g/mol. The first-order chi connectivity index (χ1) is 10.1. The van der Waals surface area contributed by atoms with Crippen LogP contribution in [0.4, 0.5) is 5.69 Å². The van der Waals surface area contributed by atoms with Gasteiger partial charge in [0.15, 0.2) is 0 Å². The quantitative estimate of drug-likeness (QED) is 0.787. The van der Waals surface area contributed by atoms with Gasteiger partial charge in [0.2, 0.25) is 0 Å². The highest BCUT2D eigenvalue weighted by Crippen LogP contribution is 2.19. The van der Waals surface area contributed by atoms with E-state index in [1.54, 1.807) is 43.3 Å². The van der Waals surface area contributed by atoms with E-state index in [9.17, 15) is 9.90 Å². The van der Waals surface area contributed by atoms with Crippen LogP contribution in [-0.2, 0) is 0 Å². The van der Waals surface area contributed by atoms with Gasteiger partial charge in [-0.15, -0.1) is 0 Å². The van der Waals surface area contributed by atoms with Gasteiger partial charge in [-0.2, -0.15) is 0 Å². The molecule has 2 aromatic carbocycles. The van der Waals surface area contributed by atoms with Crippen molar-refractivity contribution in [1.82, 2.24) is 0 Å². The molecule has 0 aromatic heterocycles. The Balaban J connectivity index is 2.05. The van der Waals surface area contributed by atoms with Crippen LogP contribution in [0.3, 0.4) is 0 Å². The molecule has 0 aliphatic heterocycles. The van der Waals surface area contributed by atoms with Crippen molar-refractivity contribution >= 4 is 11.6 Å². The Labute approximate surface area is 123 Å². The largest absolute Gasteiger partial charge is 0.508 e. The molecule has 0 fully saturated rings. The summed E-state index contributed by atoms with van der Waals surface area (Å²) in [5.74, 6) is 0.632.